The normalized spacial score (nSPS) is 17.3. The van der Waals surface area contributed by atoms with E-state index in [0.717, 1.165) is 26.2 Å². The van der Waals surface area contributed by atoms with Gasteiger partial charge in [-0.05, 0) is 6.92 Å². The van der Waals surface area contributed by atoms with Gasteiger partial charge in [0.2, 0.25) is 11.0 Å². The van der Waals surface area contributed by atoms with Crippen LogP contribution in [0.3, 0.4) is 0 Å². The summed E-state index contributed by atoms with van der Waals surface area (Å²) < 4.78 is 4.01. The molecule has 0 unspecified atom stereocenters. The molecule has 1 saturated heterocycles. The molecule has 88 valence electrons. The number of carbonyl (C=O) groups excluding carboxylic acids is 1. The fraction of sp³-hybridized carbons (Fsp3) is 0.667. The summed E-state index contributed by atoms with van der Waals surface area (Å²) >= 11 is 1.22. The lowest BCUT2D eigenvalue weighted by Gasteiger charge is -2.26. The van der Waals surface area contributed by atoms with Crippen LogP contribution in [-0.4, -0.2) is 52.9 Å². The third-order valence-electron chi connectivity index (χ3n) is 2.35. The highest BCUT2D eigenvalue weighted by Gasteiger charge is 2.14. The zero-order valence-corrected chi connectivity index (χ0v) is 10.0. The summed E-state index contributed by atoms with van der Waals surface area (Å²) in [5.41, 5.74) is 0. The van der Waals surface area contributed by atoms with Crippen molar-refractivity contribution in [1.82, 2.24) is 19.6 Å². The Kier molecular flexibility index (Phi) is 3.81. The van der Waals surface area contributed by atoms with Gasteiger partial charge in [-0.2, -0.15) is 4.37 Å². The largest absolute Gasteiger partial charge is 0.314 e. The number of aromatic nitrogens is 2. The molecule has 1 aliphatic rings. The molecule has 0 radical (unpaired) electrons. The van der Waals surface area contributed by atoms with E-state index in [1.54, 1.807) is 0 Å². The van der Waals surface area contributed by atoms with Crippen LogP contribution in [0, 0.1) is 6.92 Å². The van der Waals surface area contributed by atoms with Crippen molar-refractivity contribution >= 4 is 22.6 Å². The summed E-state index contributed by atoms with van der Waals surface area (Å²) in [5.74, 6) is 0.681. The minimum atomic E-state index is -0.0157. The van der Waals surface area contributed by atoms with Gasteiger partial charge in [-0.15, -0.1) is 0 Å². The van der Waals surface area contributed by atoms with Crippen LogP contribution in [0.25, 0.3) is 0 Å². The molecule has 6 nitrogen and oxygen atoms in total. The van der Waals surface area contributed by atoms with Crippen LogP contribution in [0.5, 0.6) is 0 Å². The molecule has 0 aliphatic carbocycles. The first-order chi connectivity index (χ1) is 7.74. The molecule has 2 rings (SSSR count). The number of hydrogen-bond acceptors (Lipinski definition) is 6. The molecule has 1 aliphatic heterocycles. The standard InChI is InChI=1S/C9H15N5OS/c1-7-11-9(16-13-7)12-8(15)6-14-4-2-10-3-5-14/h10H,2-6H2,1H3,(H,11,12,13,15). The van der Waals surface area contributed by atoms with E-state index in [4.69, 9.17) is 0 Å². The highest BCUT2D eigenvalue weighted by Crippen LogP contribution is 2.09. The lowest BCUT2D eigenvalue weighted by atomic mass is 10.3. The zero-order chi connectivity index (χ0) is 11.4. The molecule has 1 aromatic heterocycles. The summed E-state index contributed by atoms with van der Waals surface area (Å²) in [4.78, 5) is 17.9. The first kappa shape index (κ1) is 11.4. The number of amides is 1. The van der Waals surface area contributed by atoms with Crippen molar-refractivity contribution in [2.75, 3.05) is 38.0 Å². The number of hydrogen-bond donors (Lipinski definition) is 2. The Hall–Kier alpha value is -1.05. The number of anilines is 1. The fourth-order valence-corrected chi connectivity index (χ4v) is 2.17. The molecule has 7 heteroatoms. The summed E-state index contributed by atoms with van der Waals surface area (Å²) in [6, 6.07) is 0. The van der Waals surface area contributed by atoms with Crippen LogP contribution in [-0.2, 0) is 4.79 Å². The Morgan fingerprint density at radius 1 is 1.56 bits per heavy atom. The van der Waals surface area contributed by atoms with E-state index in [-0.39, 0.29) is 5.91 Å². The Bertz CT molecular complexity index is 361. The van der Waals surface area contributed by atoms with Gasteiger partial charge in [-0.3, -0.25) is 15.0 Å². The van der Waals surface area contributed by atoms with Gasteiger partial charge >= 0.3 is 0 Å². The van der Waals surface area contributed by atoms with Crippen molar-refractivity contribution in [3.63, 3.8) is 0 Å². The predicted octanol–water partition coefficient (Wildman–Crippen LogP) is -0.310. The SMILES string of the molecule is Cc1nsc(NC(=O)CN2CCNCC2)n1. The van der Waals surface area contributed by atoms with Crippen molar-refractivity contribution < 1.29 is 4.79 Å². The number of nitrogens with one attached hydrogen (secondary N) is 2. The van der Waals surface area contributed by atoms with Gasteiger partial charge in [0.1, 0.15) is 5.82 Å². The van der Waals surface area contributed by atoms with Crippen LogP contribution in [0.1, 0.15) is 5.82 Å². The van der Waals surface area contributed by atoms with Gasteiger partial charge < -0.3 is 5.32 Å². The van der Waals surface area contributed by atoms with Gasteiger partial charge in [-0.25, -0.2) is 4.98 Å². The second-order valence-corrected chi connectivity index (χ2v) is 4.47. The number of nitrogens with zero attached hydrogens (tertiary/aromatic N) is 3. The van der Waals surface area contributed by atoms with E-state index < -0.39 is 0 Å². The minimum absolute atomic E-state index is 0.0157. The number of aryl methyl sites for hydroxylation is 1. The molecule has 0 spiro atoms. The van der Waals surface area contributed by atoms with Crippen LogP contribution in [0.2, 0.25) is 0 Å². The van der Waals surface area contributed by atoms with E-state index in [0.29, 0.717) is 17.5 Å². The van der Waals surface area contributed by atoms with Gasteiger partial charge in [0.15, 0.2) is 0 Å². The molecule has 2 heterocycles. The molecule has 16 heavy (non-hydrogen) atoms. The smallest absolute Gasteiger partial charge is 0.240 e. The molecule has 1 aromatic rings. The molecule has 0 aromatic carbocycles. The molecular weight excluding hydrogens is 226 g/mol. The zero-order valence-electron chi connectivity index (χ0n) is 9.19. The Labute approximate surface area is 98.2 Å². The third-order valence-corrected chi connectivity index (χ3v) is 3.07. The number of carbonyl (C=O) groups is 1. The second-order valence-electron chi connectivity index (χ2n) is 3.72. The molecule has 1 fully saturated rings. The fourth-order valence-electron chi connectivity index (χ4n) is 1.58. The summed E-state index contributed by atoms with van der Waals surface area (Å²) in [5, 5.41) is 6.58. The van der Waals surface area contributed by atoms with Gasteiger partial charge in [0, 0.05) is 37.7 Å². The highest BCUT2D eigenvalue weighted by molar-refractivity contribution is 7.09. The first-order valence-corrected chi connectivity index (χ1v) is 6.04. The predicted molar refractivity (Wildman–Crippen MR) is 62.6 cm³/mol. The van der Waals surface area contributed by atoms with E-state index in [1.807, 2.05) is 6.92 Å². The lowest BCUT2D eigenvalue weighted by molar-refractivity contribution is -0.117. The van der Waals surface area contributed by atoms with Crippen LogP contribution < -0.4 is 10.6 Å². The average Bonchev–Trinajstić information content (AvgIpc) is 2.65. The Morgan fingerprint density at radius 2 is 2.31 bits per heavy atom. The summed E-state index contributed by atoms with van der Waals surface area (Å²) in [7, 11) is 0. The average molecular weight is 241 g/mol. The molecular formula is C9H15N5OS. The van der Waals surface area contributed by atoms with E-state index >= 15 is 0 Å². The third kappa shape index (κ3) is 3.22. The first-order valence-electron chi connectivity index (χ1n) is 5.27. The van der Waals surface area contributed by atoms with E-state index in [1.165, 1.54) is 11.5 Å². The Morgan fingerprint density at radius 3 is 2.94 bits per heavy atom. The molecule has 0 bridgehead atoms. The molecule has 1 amide bonds. The van der Waals surface area contributed by atoms with Crippen molar-refractivity contribution in [2.45, 2.75) is 6.92 Å². The van der Waals surface area contributed by atoms with Gasteiger partial charge in [-0.1, -0.05) is 0 Å². The van der Waals surface area contributed by atoms with Gasteiger partial charge in [0.25, 0.3) is 0 Å². The topological polar surface area (TPSA) is 70.2 Å². The summed E-state index contributed by atoms with van der Waals surface area (Å²) in [6.45, 7) is 5.98. The van der Waals surface area contributed by atoms with Crippen molar-refractivity contribution in [1.29, 1.82) is 0 Å². The van der Waals surface area contributed by atoms with Crippen molar-refractivity contribution in [2.24, 2.45) is 0 Å². The number of rotatable bonds is 3. The minimum Gasteiger partial charge on any atom is -0.314 e. The van der Waals surface area contributed by atoms with Crippen LogP contribution in [0.4, 0.5) is 5.13 Å². The van der Waals surface area contributed by atoms with Crippen LogP contribution in [0.15, 0.2) is 0 Å². The van der Waals surface area contributed by atoms with Crippen molar-refractivity contribution in [3.8, 4) is 0 Å². The lowest BCUT2D eigenvalue weighted by Crippen LogP contribution is -2.46. The monoisotopic (exact) mass is 241 g/mol. The van der Waals surface area contributed by atoms with Crippen molar-refractivity contribution in [3.05, 3.63) is 5.82 Å². The van der Waals surface area contributed by atoms with Crippen LogP contribution >= 0.6 is 11.5 Å². The van der Waals surface area contributed by atoms with E-state index in [2.05, 4.69) is 24.9 Å². The maximum Gasteiger partial charge on any atom is 0.240 e. The van der Waals surface area contributed by atoms with Gasteiger partial charge in [0.05, 0.1) is 6.54 Å². The maximum absolute atomic E-state index is 11.7. The molecule has 0 atom stereocenters. The number of piperazine rings is 1. The second kappa shape index (κ2) is 5.33. The maximum atomic E-state index is 11.7. The highest BCUT2D eigenvalue weighted by atomic mass is 32.1. The Balaban J connectivity index is 1.79. The molecule has 2 N–H and O–H groups in total. The quantitative estimate of drug-likeness (QED) is 0.759. The van der Waals surface area contributed by atoms with E-state index in [9.17, 15) is 4.79 Å². The molecule has 0 saturated carbocycles. The summed E-state index contributed by atoms with van der Waals surface area (Å²) in [6.07, 6.45) is 0.